The van der Waals surface area contributed by atoms with Crippen LogP contribution in [-0.4, -0.2) is 23.1 Å². The van der Waals surface area contributed by atoms with Gasteiger partial charge in [-0.05, 0) is 58.8 Å². The van der Waals surface area contributed by atoms with Crippen molar-refractivity contribution < 1.29 is 24.2 Å². The van der Waals surface area contributed by atoms with E-state index in [0.29, 0.717) is 17.6 Å². The Morgan fingerprint density at radius 2 is 2.00 bits per heavy atom. The number of carbonyl (C=O) groups excluding carboxylic acids is 1. The second-order valence-electron chi connectivity index (χ2n) is 11.1. The number of carboxylic acids is 1. The number of fused-ring (bicyclic) bond motifs is 1. The fourth-order valence-corrected chi connectivity index (χ4v) is 6.12. The van der Waals surface area contributed by atoms with E-state index >= 15 is 0 Å². The summed E-state index contributed by atoms with van der Waals surface area (Å²) in [4.78, 5) is 23.5. The van der Waals surface area contributed by atoms with Gasteiger partial charge in [-0.1, -0.05) is 54.0 Å². The van der Waals surface area contributed by atoms with Gasteiger partial charge in [-0.25, -0.2) is 0 Å². The third kappa shape index (κ3) is 3.64. The van der Waals surface area contributed by atoms with Crippen molar-refractivity contribution in [2.75, 3.05) is 0 Å². The topological polar surface area (TPSA) is 72.8 Å². The van der Waals surface area contributed by atoms with Crippen LogP contribution in [0.15, 0.2) is 24.3 Å². The quantitative estimate of drug-likeness (QED) is 0.305. The average Bonchev–Trinajstić information content (AvgIpc) is 3.11. The molecule has 174 valence electrons. The number of carbonyl (C=O) groups is 2. The first kappa shape index (κ1) is 22.9. The first-order valence-electron chi connectivity index (χ1n) is 11.9. The second kappa shape index (κ2) is 7.93. The Kier molecular flexibility index (Phi) is 5.67. The first-order valence-corrected chi connectivity index (χ1v) is 11.9. The molecule has 1 heterocycles. The van der Waals surface area contributed by atoms with Gasteiger partial charge in [-0.3, -0.25) is 9.59 Å². The minimum absolute atomic E-state index is 0.0766. The number of hydrogen-bond acceptors (Lipinski definition) is 4. The SMILES string of the molecule is C=C1[C@@H]2Oc3cc(C(C)(C)CCCC)cc(OC(=O)CCC(=O)O)c3[C@@H]2[C@H]2C[C@@H]1C2(C)C. The summed E-state index contributed by atoms with van der Waals surface area (Å²) >= 11 is 0. The van der Waals surface area contributed by atoms with Crippen molar-refractivity contribution in [2.45, 2.75) is 90.6 Å². The molecule has 0 aromatic heterocycles. The van der Waals surface area contributed by atoms with Gasteiger partial charge in [0.15, 0.2) is 0 Å². The summed E-state index contributed by atoms with van der Waals surface area (Å²) in [5, 5.41) is 8.96. The predicted molar refractivity (Wildman–Crippen MR) is 123 cm³/mol. The third-order valence-electron chi connectivity index (χ3n) is 8.31. The monoisotopic (exact) mass is 440 g/mol. The van der Waals surface area contributed by atoms with Crippen molar-refractivity contribution in [3.8, 4) is 11.5 Å². The number of hydrogen-bond donors (Lipinski definition) is 1. The maximum Gasteiger partial charge on any atom is 0.311 e. The van der Waals surface area contributed by atoms with E-state index in [4.69, 9.17) is 14.6 Å². The summed E-state index contributed by atoms with van der Waals surface area (Å²) in [5.74, 6) is 0.849. The van der Waals surface area contributed by atoms with Gasteiger partial charge < -0.3 is 14.6 Å². The lowest BCUT2D eigenvalue weighted by Gasteiger charge is -2.61. The molecule has 4 atom stereocenters. The molecule has 0 amide bonds. The zero-order valence-corrected chi connectivity index (χ0v) is 20.0. The van der Waals surface area contributed by atoms with E-state index in [2.05, 4.69) is 47.3 Å². The highest BCUT2D eigenvalue weighted by molar-refractivity contribution is 5.79. The van der Waals surface area contributed by atoms with Crippen LogP contribution in [0.3, 0.4) is 0 Å². The van der Waals surface area contributed by atoms with Crippen LogP contribution >= 0.6 is 0 Å². The minimum Gasteiger partial charge on any atom is -0.485 e. The lowest BCUT2D eigenvalue weighted by molar-refractivity contribution is -0.142. The normalized spacial score (nSPS) is 27.1. The van der Waals surface area contributed by atoms with Gasteiger partial charge in [0, 0.05) is 11.5 Å². The molecule has 0 unspecified atom stereocenters. The summed E-state index contributed by atoms with van der Waals surface area (Å²) in [6.45, 7) is 15.6. The van der Waals surface area contributed by atoms with Crippen LogP contribution in [0.4, 0.5) is 0 Å². The van der Waals surface area contributed by atoms with E-state index in [-0.39, 0.29) is 35.7 Å². The molecule has 5 rings (SSSR count). The molecule has 4 aliphatic rings. The zero-order valence-electron chi connectivity index (χ0n) is 20.0. The lowest BCUT2D eigenvalue weighted by Crippen LogP contribution is -2.57. The van der Waals surface area contributed by atoms with Crippen molar-refractivity contribution in [1.29, 1.82) is 0 Å². The number of ether oxygens (including phenoxy) is 2. The maximum atomic E-state index is 12.5. The molecule has 3 fully saturated rings. The number of benzene rings is 1. The summed E-state index contributed by atoms with van der Waals surface area (Å²) in [6, 6.07) is 4.13. The number of aliphatic carboxylic acids is 1. The van der Waals surface area contributed by atoms with E-state index in [1.165, 1.54) is 0 Å². The molecule has 0 radical (unpaired) electrons. The number of unbranched alkanes of at least 4 members (excludes halogenated alkanes) is 1. The zero-order chi connectivity index (χ0) is 23.4. The molecule has 0 spiro atoms. The highest BCUT2D eigenvalue weighted by atomic mass is 16.5. The molecule has 3 aliphatic carbocycles. The molecule has 1 N–H and O–H groups in total. The molecular formula is C27H36O5. The predicted octanol–water partition coefficient (Wildman–Crippen LogP) is 6.00. The molecule has 0 saturated heterocycles. The molecule has 3 saturated carbocycles. The van der Waals surface area contributed by atoms with Gasteiger partial charge >= 0.3 is 11.9 Å². The molecule has 1 aromatic carbocycles. The molecule has 5 heteroatoms. The van der Waals surface area contributed by atoms with E-state index in [0.717, 1.165) is 48.1 Å². The summed E-state index contributed by atoms with van der Waals surface area (Å²) in [7, 11) is 0. The molecule has 32 heavy (non-hydrogen) atoms. The Morgan fingerprint density at radius 1 is 1.28 bits per heavy atom. The second-order valence-corrected chi connectivity index (χ2v) is 11.1. The molecule has 1 aromatic rings. The van der Waals surface area contributed by atoms with Crippen molar-refractivity contribution in [3.05, 3.63) is 35.4 Å². The Balaban J connectivity index is 1.75. The molecule has 5 nitrogen and oxygen atoms in total. The van der Waals surface area contributed by atoms with Gasteiger partial charge in [0.25, 0.3) is 0 Å². The van der Waals surface area contributed by atoms with E-state index in [1.54, 1.807) is 0 Å². The van der Waals surface area contributed by atoms with Crippen LogP contribution in [0.25, 0.3) is 0 Å². The Bertz CT molecular complexity index is 957. The van der Waals surface area contributed by atoms with Crippen LogP contribution in [0.1, 0.15) is 90.2 Å². The van der Waals surface area contributed by atoms with Gasteiger partial charge in [0.05, 0.1) is 12.8 Å². The van der Waals surface area contributed by atoms with E-state index in [1.807, 2.05) is 6.07 Å². The highest BCUT2D eigenvalue weighted by Gasteiger charge is 2.63. The van der Waals surface area contributed by atoms with Crippen molar-refractivity contribution in [2.24, 2.45) is 17.3 Å². The smallest absolute Gasteiger partial charge is 0.311 e. The van der Waals surface area contributed by atoms with Crippen LogP contribution in [0, 0.1) is 17.3 Å². The van der Waals surface area contributed by atoms with Crippen molar-refractivity contribution in [1.82, 2.24) is 0 Å². The first-order chi connectivity index (χ1) is 15.0. The standard InChI is InChI=1S/C27H36O5/c1-7-8-11-26(3,4)16-12-19(31-22(30)10-9-21(28)29)24-20(13-16)32-25-15(2)17-14-18(23(24)25)27(17,5)6/h12-13,17-18,23,25H,2,7-11,14H2,1,3-6H3,(H,28,29)/t17-,18+,23-,25-/m0/s1. The summed E-state index contributed by atoms with van der Waals surface area (Å²) in [6.07, 6.45) is 3.87. The number of carboxylic acid groups (broad SMARTS) is 1. The van der Waals surface area contributed by atoms with Crippen molar-refractivity contribution >= 4 is 11.9 Å². The Hall–Kier alpha value is -2.30. The average molecular weight is 441 g/mol. The molecule has 1 aliphatic heterocycles. The fraction of sp³-hybridized carbons (Fsp3) is 0.630. The van der Waals surface area contributed by atoms with Crippen LogP contribution in [0.5, 0.6) is 11.5 Å². The number of esters is 1. The van der Waals surface area contributed by atoms with E-state index in [9.17, 15) is 9.59 Å². The van der Waals surface area contributed by atoms with Crippen LogP contribution in [-0.2, 0) is 15.0 Å². The van der Waals surface area contributed by atoms with Gasteiger partial charge in [-0.2, -0.15) is 0 Å². The minimum atomic E-state index is -1.00. The maximum absolute atomic E-state index is 12.5. The van der Waals surface area contributed by atoms with Gasteiger partial charge in [0.1, 0.15) is 17.6 Å². The van der Waals surface area contributed by atoms with Crippen LogP contribution in [0.2, 0.25) is 0 Å². The lowest BCUT2D eigenvalue weighted by atomic mass is 9.43. The fourth-order valence-electron chi connectivity index (χ4n) is 6.12. The molecule has 2 bridgehead atoms. The van der Waals surface area contributed by atoms with Crippen LogP contribution < -0.4 is 9.47 Å². The largest absolute Gasteiger partial charge is 0.485 e. The highest BCUT2D eigenvalue weighted by Crippen LogP contribution is 2.69. The Labute approximate surface area is 191 Å². The van der Waals surface area contributed by atoms with Crippen molar-refractivity contribution in [3.63, 3.8) is 0 Å². The molecular weight excluding hydrogens is 404 g/mol. The third-order valence-corrected chi connectivity index (χ3v) is 8.31. The summed E-state index contributed by atoms with van der Waals surface area (Å²) in [5.41, 5.74) is 3.25. The number of rotatable bonds is 8. The Morgan fingerprint density at radius 3 is 2.62 bits per heavy atom. The van der Waals surface area contributed by atoms with Gasteiger partial charge in [-0.15, -0.1) is 0 Å². The summed E-state index contributed by atoms with van der Waals surface area (Å²) < 4.78 is 12.3. The van der Waals surface area contributed by atoms with Gasteiger partial charge in [0.2, 0.25) is 0 Å². The van der Waals surface area contributed by atoms with E-state index < -0.39 is 11.9 Å².